The first-order valence-electron chi connectivity index (χ1n) is 28.3. The van der Waals surface area contributed by atoms with Crippen LogP contribution in [0.4, 0.5) is 0 Å². The van der Waals surface area contributed by atoms with Gasteiger partial charge in [0, 0.05) is 4.91 Å². The van der Waals surface area contributed by atoms with Gasteiger partial charge in [0.2, 0.25) is 0 Å². The highest BCUT2D eigenvalue weighted by atomic mass is 16.7. The number of hydrogen-bond acceptors (Lipinski definition) is 14. The summed E-state index contributed by atoms with van der Waals surface area (Å²) in [4.78, 5) is 32.4. The number of azide groups is 1. The fourth-order valence-corrected chi connectivity index (χ4v) is 10.3. The van der Waals surface area contributed by atoms with Crippen molar-refractivity contribution < 1.29 is 61.7 Å². The zero-order chi connectivity index (χ0) is 58.3. The van der Waals surface area contributed by atoms with Gasteiger partial charge < -0.3 is 52.1 Å². The van der Waals surface area contributed by atoms with Crippen molar-refractivity contribution in [2.75, 3.05) is 13.2 Å². The number of nitrogens with zero attached hydrogens (tertiary/aromatic N) is 3. The van der Waals surface area contributed by atoms with Crippen molar-refractivity contribution in [3.63, 3.8) is 0 Å². The largest absolute Gasteiger partial charge is 0.482 e. The Labute approximate surface area is 494 Å². The Kier molecular flexibility index (Phi) is 22.0. The summed E-state index contributed by atoms with van der Waals surface area (Å²) < 4.78 is 75.3. The molecular formula is C69H67N3O13. The van der Waals surface area contributed by atoms with E-state index >= 15 is 0 Å². The molecule has 11 atom stereocenters. The Morgan fingerprint density at radius 1 is 0.412 bits per heavy atom. The number of rotatable bonds is 28. The average molecular weight is 1150 g/mol. The predicted octanol–water partition coefficient (Wildman–Crippen LogP) is 12.1. The van der Waals surface area contributed by atoms with Gasteiger partial charge >= 0.3 is 11.9 Å². The highest BCUT2D eigenvalue weighted by Gasteiger charge is 2.59. The van der Waals surface area contributed by atoms with E-state index in [4.69, 9.17) is 52.1 Å². The number of hydrogen-bond donors (Lipinski definition) is 0. The van der Waals surface area contributed by atoms with Gasteiger partial charge in [0.25, 0.3) is 0 Å². The average Bonchev–Trinajstić information content (AvgIpc) is 2.79. The van der Waals surface area contributed by atoms with E-state index in [9.17, 15) is 15.1 Å². The smallest absolute Gasteiger partial charge is 0.344 e. The third-order valence-corrected chi connectivity index (χ3v) is 14.5. The molecule has 1 heterocycles. The van der Waals surface area contributed by atoms with E-state index in [0.717, 1.165) is 33.4 Å². The summed E-state index contributed by atoms with van der Waals surface area (Å²) in [6, 6.07) is 73.6. The summed E-state index contributed by atoms with van der Waals surface area (Å²) in [5, 5.41) is 4.36. The first kappa shape index (κ1) is 59.6. The summed E-state index contributed by atoms with van der Waals surface area (Å²) in [6.45, 7) is -0.248. The lowest BCUT2D eigenvalue weighted by molar-refractivity contribution is -0.335. The molecule has 2 aliphatic rings. The molecule has 85 heavy (non-hydrogen) atoms. The van der Waals surface area contributed by atoms with Crippen LogP contribution in [0.1, 0.15) is 43.7 Å². The molecule has 1 saturated heterocycles. The van der Waals surface area contributed by atoms with E-state index in [1.807, 2.05) is 188 Å². The lowest BCUT2D eigenvalue weighted by Crippen LogP contribution is -2.69. The summed E-state index contributed by atoms with van der Waals surface area (Å²) in [5.74, 6) is -1.01. The van der Waals surface area contributed by atoms with E-state index in [2.05, 4.69) is 10.0 Å². The summed E-state index contributed by atoms with van der Waals surface area (Å²) in [5.41, 5.74) is 15.9. The lowest BCUT2D eigenvalue weighted by Gasteiger charge is -2.51. The van der Waals surface area contributed by atoms with Gasteiger partial charge in [-0.15, -0.1) is 0 Å². The first-order valence-corrected chi connectivity index (χ1v) is 28.3. The van der Waals surface area contributed by atoms with Crippen LogP contribution in [0.5, 0.6) is 5.75 Å². The van der Waals surface area contributed by atoms with Crippen LogP contribution >= 0.6 is 0 Å². The summed E-state index contributed by atoms with van der Waals surface area (Å²) in [6.07, 6.45) is -12.4. The van der Waals surface area contributed by atoms with Crippen LogP contribution in [0, 0.1) is 0 Å². The molecule has 0 N–H and O–H groups in total. The SMILES string of the molecule is [N-]=[N+]=N[C@H]1[C@@H](O[C@@H]2[C@@H](OCc3ccccc3)[C@H](OCc3ccccc3)[C@@H](OCc3ccccc3)[C@@H](OCc3ccccc3)[C@H]2OC(=O)c2ccccc2)O[C@H](COCc2ccccc2)[C@@H](OC(=O)COc2ccccc2)[C@@H]1OCc1ccccc1. The summed E-state index contributed by atoms with van der Waals surface area (Å²) >= 11 is 0. The minimum Gasteiger partial charge on any atom is -0.482 e. The highest BCUT2D eigenvalue weighted by molar-refractivity contribution is 5.89. The van der Waals surface area contributed by atoms with Crippen LogP contribution in [0.25, 0.3) is 10.4 Å². The molecule has 0 aromatic heterocycles. The minimum absolute atomic E-state index is 0.0172. The van der Waals surface area contributed by atoms with Gasteiger partial charge in [0.05, 0.1) is 51.8 Å². The Hall–Kier alpha value is -8.51. The second-order valence-electron chi connectivity index (χ2n) is 20.4. The van der Waals surface area contributed by atoms with E-state index < -0.39 is 85.8 Å². The Morgan fingerprint density at radius 3 is 1.20 bits per heavy atom. The fraction of sp³-hybridized carbons (Fsp3) is 0.275. The summed E-state index contributed by atoms with van der Waals surface area (Å²) in [7, 11) is 0. The maximum Gasteiger partial charge on any atom is 0.344 e. The molecular weight excluding hydrogens is 1080 g/mol. The van der Waals surface area contributed by atoms with Gasteiger partial charge in [-0.05, 0) is 63.2 Å². The van der Waals surface area contributed by atoms with Gasteiger partial charge in [-0.2, -0.15) is 0 Å². The van der Waals surface area contributed by atoms with E-state index in [0.29, 0.717) is 5.75 Å². The standard InChI is InChI=1S/C69H67N3O13/c70-72-71-59-61(77-42-50-27-11-2-12-28-50)60(83-58(73)48-76-56-39-23-8-24-40-56)57(47-75-41-49-25-9-1-10-26-49)82-69(59)85-67-65(81-46-54-35-19-6-20-36-54)63(79-44-52-31-15-4-16-32-52)62(78-43-51-29-13-3-14-30-51)64(80-45-53-33-17-5-18-34-53)66(67)84-68(74)55-37-21-7-22-38-55/h1-40,57,59-67,69H,41-48H2/t57-,59-,60-,61-,62-,63-,64-,65+,66-,67-,69-/m1/s1. The molecule has 0 unspecified atom stereocenters. The van der Waals surface area contributed by atoms with E-state index in [1.165, 1.54) is 0 Å². The molecule has 10 rings (SSSR count). The number of carbonyl (C=O) groups excluding carboxylic acids is 2. The quantitative estimate of drug-likeness (QED) is 0.0195. The van der Waals surface area contributed by atoms with Crippen molar-refractivity contribution in [2.45, 2.75) is 107 Å². The maximum absolute atomic E-state index is 14.9. The third kappa shape index (κ3) is 17.1. The topological polar surface area (TPSA) is 184 Å². The number of carbonyl (C=O) groups is 2. The van der Waals surface area contributed by atoms with Crippen LogP contribution in [0.15, 0.2) is 248 Å². The monoisotopic (exact) mass is 1150 g/mol. The molecule has 1 aliphatic heterocycles. The van der Waals surface area contributed by atoms with E-state index in [-0.39, 0.29) is 51.8 Å². The molecule has 0 spiro atoms. The van der Waals surface area contributed by atoms with Crippen molar-refractivity contribution in [3.05, 3.63) is 292 Å². The van der Waals surface area contributed by atoms with Gasteiger partial charge in [-0.3, -0.25) is 0 Å². The van der Waals surface area contributed by atoms with Crippen molar-refractivity contribution in [3.8, 4) is 5.75 Å². The molecule has 0 bridgehead atoms. The molecule has 1 aliphatic carbocycles. The molecule has 0 amide bonds. The molecule has 8 aromatic carbocycles. The number of benzene rings is 8. The number of ether oxygens (including phenoxy) is 11. The molecule has 2 fully saturated rings. The Morgan fingerprint density at radius 2 is 0.776 bits per heavy atom. The van der Waals surface area contributed by atoms with Crippen molar-refractivity contribution in [2.24, 2.45) is 5.11 Å². The molecule has 16 nitrogen and oxygen atoms in total. The molecule has 0 radical (unpaired) electrons. The van der Waals surface area contributed by atoms with Crippen LogP contribution in [-0.4, -0.2) is 92.4 Å². The normalized spacial score (nSPS) is 22.8. The second kappa shape index (κ2) is 31.4. The van der Waals surface area contributed by atoms with Crippen LogP contribution < -0.4 is 4.74 Å². The molecule has 16 heteroatoms. The third-order valence-electron chi connectivity index (χ3n) is 14.5. The van der Waals surface area contributed by atoms with Gasteiger partial charge in [0.15, 0.2) is 25.1 Å². The zero-order valence-corrected chi connectivity index (χ0v) is 46.8. The van der Waals surface area contributed by atoms with Gasteiger partial charge in [0.1, 0.15) is 54.5 Å². The minimum atomic E-state index is -1.56. The molecule has 1 saturated carbocycles. The van der Waals surface area contributed by atoms with Crippen LogP contribution in [0.2, 0.25) is 0 Å². The van der Waals surface area contributed by atoms with Crippen molar-refractivity contribution in [1.29, 1.82) is 0 Å². The number of para-hydroxylation sites is 1. The maximum atomic E-state index is 14.9. The second-order valence-corrected chi connectivity index (χ2v) is 20.4. The van der Waals surface area contributed by atoms with Crippen LogP contribution in [-0.2, 0) is 91.8 Å². The Bertz CT molecular complexity index is 3280. The molecule has 436 valence electrons. The van der Waals surface area contributed by atoms with Crippen molar-refractivity contribution >= 4 is 11.9 Å². The Balaban J connectivity index is 1.10. The lowest BCUT2D eigenvalue weighted by atomic mass is 9.83. The molecule has 8 aromatic rings. The van der Waals surface area contributed by atoms with E-state index in [1.54, 1.807) is 54.6 Å². The van der Waals surface area contributed by atoms with Gasteiger partial charge in [-0.25, -0.2) is 9.59 Å². The highest BCUT2D eigenvalue weighted by Crippen LogP contribution is 2.40. The van der Waals surface area contributed by atoms with Crippen LogP contribution in [0.3, 0.4) is 0 Å². The zero-order valence-electron chi connectivity index (χ0n) is 46.8. The number of esters is 2. The van der Waals surface area contributed by atoms with Gasteiger partial charge in [-0.1, -0.05) is 224 Å². The van der Waals surface area contributed by atoms with Crippen molar-refractivity contribution in [1.82, 2.24) is 0 Å². The first-order chi connectivity index (χ1) is 42.0. The predicted molar refractivity (Wildman–Crippen MR) is 315 cm³/mol. The fourth-order valence-electron chi connectivity index (χ4n) is 10.3.